The molecule has 0 saturated carbocycles. The summed E-state index contributed by atoms with van der Waals surface area (Å²) in [6, 6.07) is 0. The van der Waals surface area contributed by atoms with Gasteiger partial charge in [0.15, 0.2) is 0 Å². The molecule has 1 aliphatic rings. The van der Waals surface area contributed by atoms with Crippen LogP contribution in [0, 0.1) is 5.92 Å². The quantitative estimate of drug-likeness (QED) is 0.667. The Balaban J connectivity index is 2.29. The zero-order valence-corrected chi connectivity index (χ0v) is 8.10. The van der Waals surface area contributed by atoms with Crippen LogP contribution in [-0.2, 0) is 0 Å². The fraction of sp³-hybridized carbons (Fsp3) is 1.00. The van der Waals surface area contributed by atoms with Gasteiger partial charge in [0, 0.05) is 12.5 Å². The molecular weight excluding hydrogens is 158 g/mol. The van der Waals surface area contributed by atoms with Gasteiger partial charge in [-0.2, -0.15) is 11.8 Å². The Morgan fingerprint density at radius 2 is 2.27 bits per heavy atom. The van der Waals surface area contributed by atoms with Crippen molar-refractivity contribution in [1.82, 2.24) is 4.90 Å². The molecule has 0 aliphatic carbocycles. The van der Waals surface area contributed by atoms with Crippen molar-refractivity contribution < 1.29 is 5.11 Å². The molecule has 2 unspecified atom stereocenters. The predicted molar refractivity (Wildman–Crippen MR) is 50.0 cm³/mol. The van der Waals surface area contributed by atoms with E-state index in [1.54, 1.807) is 0 Å². The van der Waals surface area contributed by atoms with Crippen LogP contribution in [0.3, 0.4) is 0 Å². The summed E-state index contributed by atoms with van der Waals surface area (Å²) in [4.78, 5) is 2.15. The van der Waals surface area contributed by atoms with E-state index in [1.807, 2.05) is 11.8 Å². The maximum atomic E-state index is 9.58. The first-order valence-electron chi connectivity index (χ1n) is 4.10. The zero-order valence-electron chi connectivity index (χ0n) is 7.29. The Labute approximate surface area is 73.0 Å². The number of nitrogens with zero attached hydrogens (tertiary/aromatic N) is 1. The lowest BCUT2D eigenvalue weighted by molar-refractivity contribution is 0.0962. The fourth-order valence-corrected chi connectivity index (χ4v) is 2.63. The molecule has 2 nitrogen and oxygen atoms in total. The van der Waals surface area contributed by atoms with Crippen molar-refractivity contribution in [3.05, 3.63) is 0 Å². The van der Waals surface area contributed by atoms with Crippen molar-refractivity contribution in [2.75, 3.05) is 32.1 Å². The van der Waals surface area contributed by atoms with Gasteiger partial charge in [0.1, 0.15) is 0 Å². The Bertz CT molecular complexity index is 119. The van der Waals surface area contributed by atoms with Gasteiger partial charge in [-0.15, -0.1) is 0 Å². The van der Waals surface area contributed by atoms with E-state index in [0.29, 0.717) is 5.92 Å². The van der Waals surface area contributed by atoms with E-state index < -0.39 is 0 Å². The topological polar surface area (TPSA) is 23.5 Å². The number of hydrogen-bond donors (Lipinski definition) is 1. The van der Waals surface area contributed by atoms with Gasteiger partial charge in [-0.25, -0.2) is 0 Å². The average Bonchev–Trinajstić information content (AvgIpc) is 1.93. The fourth-order valence-electron chi connectivity index (χ4n) is 1.43. The average molecular weight is 175 g/mol. The van der Waals surface area contributed by atoms with Gasteiger partial charge >= 0.3 is 0 Å². The molecular formula is C8H17NOS. The highest BCUT2D eigenvalue weighted by molar-refractivity contribution is 7.99. The number of hydrogen-bond acceptors (Lipinski definition) is 3. The highest BCUT2D eigenvalue weighted by Gasteiger charge is 2.23. The van der Waals surface area contributed by atoms with Gasteiger partial charge in [-0.1, -0.05) is 0 Å². The third kappa shape index (κ3) is 3.01. The Hall–Kier alpha value is 0.270. The summed E-state index contributed by atoms with van der Waals surface area (Å²) >= 11 is 1.96. The van der Waals surface area contributed by atoms with Crippen molar-refractivity contribution in [2.24, 2.45) is 5.92 Å². The van der Waals surface area contributed by atoms with Crippen molar-refractivity contribution in [1.29, 1.82) is 0 Å². The Morgan fingerprint density at radius 1 is 1.55 bits per heavy atom. The van der Waals surface area contributed by atoms with Gasteiger partial charge in [0.25, 0.3) is 0 Å². The normalized spacial score (nSPS) is 32.7. The molecule has 0 radical (unpaired) electrons. The predicted octanol–water partition coefficient (Wildman–Crippen LogP) is 0.662. The number of thioether (sulfide) groups is 1. The Kier molecular flexibility index (Phi) is 3.69. The summed E-state index contributed by atoms with van der Waals surface area (Å²) in [5.74, 6) is 2.74. The first kappa shape index (κ1) is 9.36. The maximum Gasteiger partial charge on any atom is 0.0596 e. The van der Waals surface area contributed by atoms with Crippen molar-refractivity contribution in [2.45, 2.75) is 12.5 Å². The highest BCUT2D eigenvalue weighted by Crippen LogP contribution is 2.23. The number of aliphatic hydroxyl groups excluding tert-OH is 1. The van der Waals surface area contributed by atoms with Gasteiger partial charge < -0.3 is 10.0 Å². The SMILES string of the molecule is CN(C)CC1CSCCC1O. The molecule has 0 bridgehead atoms. The third-order valence-corrected chi connectivity index (χ3v) is 3.22. The first-order valence-corrected chi connectivity index (χ1v) is 5.26. The smallest absolute Gasteiger partial charge is 0.0596 e. The molecule has 3 heteroatoms. The Morgan fingerprint density at radius 3 is 2.82 bits per heavy atom. The van der Waals surface area contributed by atoms with Crippen molar-refractivity contribution >= 4 is 11.8 Å². The lowest BCUT2D eigenvalue weighted by Crippen LogP contribution is -2.35. The molecule has 0 amide bonds. The first-order chi connectivity index (χ1) is 5.20. The molecule has 1 aliphatic heterocycles. The van der Waals surface area contributed by atoms with Crippen LogP contribution in [0.25, 0.3) is 0 Å². The molecule has 1 fully saturated rings. The molecule has 66 valence electrons. The maximum absolute atomic E-state index is 9.58. The van der Waals surface area contributed by atoms with E-state index in [9.17, 15) is 5.11 Å². The summed E-state index contributed by atoms with van der Waals surface area (Å²) in [6.07, 6.45) is 0.919. The summed E-state index contributed by atoms with van der Waals surface area (Å²) in [6.45, 7) is 1.02. The second kappa shape index (κ2) is 4.33. The molecule has 1 N–H and O–H groups in total. The minimum absolute atomic E-state index is 0.0568. The van der Waals surface area contributed by atoms with E-state index in [2.05, 4.69) is 19.0 Å². The molecule has 11 heavy (non-hydrogen) atoms. The summed E-state index contributed by atoms with van der Waals surface area (Å²) in [5.41, 5.74) is 0. The lowest BCUT2D eigenvalue weighted by Gasteiger charge is -2.29. The molecule has 0 aromatic heterocycles. The molecule has 1 rings (SSSR count). The standard InChI is InChI=1S/C8H17NOS/c1-9(2)5-7-6-11-4-3-8(7)10/h7-8,10H,3-6H2,1-2H3. The van der Waals surface area contributed by atoms with Crippen LogP contribution in [0.5, 0.6) is 0 Å². The lowest BCUT2D eigenvalue weighted by atomic mass is 10.0. The zero-order chi connectivity index (χ0) is 8.27. The second-order valence-electron chi connectivity index (χ2n) is 3.45. The van der Waals surface area contributed by atoms with Crippen LogP contribution in [0.2, 0.25) is 0 Å². The van der Waals surface area contributed by atoms with Crippen molar-refractivity contribution in [3.8, 4) is 0 Å². The molecule has 0 spiro atoms. The number of rotatable bonds is 2. The van der Waals surface area contributed by atoms with Crippen LogP contribution in [-0.4, -0.2) is 48.3 Å². The van der Waals surface area contributed by atoms with Crippen LogP contribution < -0.4 is 0 Å². The molecule has 0 aromatic carbocycles. The van der Waals surface area contributed by atoms with E-state index in [0.717, 1.165) is 24.5 Å². The molecule has 2 atom stereocenters. The van der Waals surface area contributed by atoms with E-state index >= 15 is 0 Å². The highest BCUT2D eigenvalue weighted by atomic mass is 32.2. The number of aliphatic hydroxyl groups is 1. The van der Waals surface area contributed by atoms with Gasteiger partial charge in [0.2, 0.25) is 0 Å². The van der Waals surface area contributed by atoms with Crippen LogP contribution in [0.1, 0.15) is 6.42 Å². The molecule has 1 saturated heterocycles. The summed E-state index contributed by atoms with van der Waals surface area (Å²) in [5, 5.41) is 9.58. The third-order valence-electron chi connectivity index (χ3n) is 2.03. The van der Waals surface area contributed by atoms with E-state index in [1.165, 1.54) is 0 Å². The van der Waals surface area contributed by atoms with E-state index in [4.69, 9.17) is 0 Å². The largest absolute Gasteiger partial charge is 0.393 e. The second-order valence-corrected chi connectivity index (χ2v) is 4.60. The minimum atomic E-state index is -0.0568. The van der Waals surface area contributed by atoms with Gasteiger partial charge in [-0.05, 0) is 32.0 Å². The van der Waals surface area contributed by atoms with Crippen LogP contribution in [0.4, 0.5) is 0 Å². The van der Waals surface area contributed by atoms with E-state index in [-0.39, 0.29) is 6.10 Å². The van der Waals surface area contributed by atoms with Gasteiger partial charge in [-0.3, -0.25) is 0 Å². The summed E-state index contributed by atoms with van der Waals surface area (Å²) in [7, 11) is 4.12. The summed E-state index contributed by atoms with van der Waals surface area (Å²) < 4.78 is 0. The van der Waals surface area contributed by atoms with Crippen molar-refractivity contribution in [3.63, 3.8) is 0 Å². The van der Waals surface area contributed by atoms with Crippen LogP contribution >= 0.6 is 11.8 Å². The molecule has 0 aromatic rings. The molecule has 1 heterocycles. The van der Waals surface area contributed by atoms with Gasteiger partial charge in [0.05, 0.1) is 6.10 Å². The minimum Gasteiger partial charge on any atom is -0.393 e. The monoisotopic (exact) mass is 175 g/mol. The van der Waals surface area contributed by atoms with Crippen LogP contribution in [0.15, 0.2) is 0 Å².